The number of hydrogen-bond donors (Lipinski definition) is 5. The largest absolute Gasteiger partial charge is 0.394 e. The molecular weight excluding hydrogens is 182 g/mol. The summed E-state index contributed by atoms with van der Waals surface area (Å²) in [5.74, 6) is 4.76. The molecule has 1 heterocycles. The van der Waals surface area contributed by atoms with Gasteiger partial charge in [0, 0.05) is 0 Å². The van der Waals surface area contributed by atoms with Crippen molar-refractivity contribution < 1.29 is 30.0 Å². The van der Waals surface area contributed by atoms with Crippen LogP contribution in [0.5, 0.6) is 0 Å². The van der Waals surface area contributed by atoms with Gasteiger partial charge in [-0.3, -0.25) is 4.84 Å². The molecule has 1 aliphatic heterocycles. The second-order valence-corrected chi connectivity index (χ2v) is 2.83. The minimum absolute atomic E-state index is 0.495. The fraction of sp³-hybridized carbons (Fsp3) is 1.00. The molecule has 1 unspecified atom stereocenters. The first-order valence-electron chi connectivity index (χ1n) is 3.78. The van der Waals surface area contributed by atoms with Crippen LogP contribution in [0.4, 0.5) is 0 Å². The maximum atomic E-state index is 9.23. The lowest BCUT2D eigenvalue weighted by atomic mass is 9.99. The van der Waals surface area contributed by atoms with E-state index in [1.54, 1.807) is 0 Å². The zero-order valence-electron chi connectivity index (χ0n) is 6.78. The summed E-state index contributed by atoms with van der Waals surface area (Å²) in [4.78, 5) is 4.20. The zero-order valence-corrected chi connectivity index (χ0v) is 6.78. The molecule has 1 fully saturated rings. The highest BCUT2D eigenvalue weighted by molar-refractivity contribution is 4.88. The molecule has 0 aliphatic carbocycles. The summed E-state index contributed by atoms with van der Waals surface area (Å²) in [5, 5.41) is 36.4. The van der Waals surface area contributed by atoms with E-state index in [1.165, 1.54) is 0 Å². The van der Waals surface area contributed by atoms with Gasteiger partial charge in [-0.2, -0.15) is 0 Å². The summed E-state index contributed by atoms with van der Waals surface area (Å²) in [5.41, 5.74) is 0. The predicted molar refractivity (Wildman–Crippen MR) is 39.0 cm³/mol. The highest BCUT2D eigenvalue weighted by Crippen LogP contribution is 2.20. The van der Waals surface area contributed by atoms with Gasteiger partial charge in [0.2, 0.25) is 6.29 Å². The molecule has 0 aromatic carbocycles. The van der Waals surface area contributed by atoms with Crippen molar-refractivity contribution in [3.8, 4) is 0 Å². The van der Waals surface area contributed by atoms with Crippen molar-refractivity contribution in [2.75, 3.05) is 6.61 Å². The van der Waals surface area contributed by atoms with Crippen molar-refractivity contribution in [1.82, 2.24) is 0 Å². The standard InChI is InChI=1S/C6H13NO6/c7-13-6-5(11)4(10)3(9)2(1-8)12-6/h2-6,8-11H,1,7H2/t2-,3-,4+,5-,6?/m0/s1. The monoisotopic (exact) mass is 195 g/mol. The highest BCUT2D eigenvalue weighted by Gasteiger charge is 2.43. The lowest BCUT2D eigenvalue weighted by Gasteiger charge is -2.38. The lowest BCUT2D eigenvalue weighted by molar-refractivity contribution is -0.302. The highest BCUT2D eigenvalue weighted by atomic mass is 16.8. The Kier molecular flexibility index (Phi) is 3.56. The van der Waals surface area contributed by atoms with E-state index in [1.807, 2.05) is 0 Å². The van der Waals surface area contributed by atoms with E-state index in [0.29, 0.717) is 0 Å². The molecule has 0 saturated carbocycles. The van der Waals surface area contributed by atoms with E-state index in [2.05, 4.69) is 4.84 Å². The molecule has 1 rings (SSSR count). The van der Waals surface area contributed by atoms with E-state index in [9.17, 15) is 15.3 Å². The quantitative estimate of drug-likeness (QED) is 0.292. The van der Waals surface area contributed by atoms with Crippen LogP contribution >= 0.6 is 0 Å². The number of aliphatic hydroxyl groups is 4. The molecule has 1 aliphatic rings. The van der Waals surface area contributed by atoms with Gasteiger partial charge in [-0.15, -0.1) is 0 Å². The van der Waals surface area contributed by atoms with Crippen LogP contribution in [0, 0.1) is 0 Å². The van der Waals surface area contributed by atoms with Crippen molar-refractivity contribution >= 4 is 0 Å². The molecule has 6 N–H and O–H groups in total. The van der Waals surface area contributed by atoms with Crippen molar-refractivity contribution in [2.24, 2.45) is 5.90 Å². The Hall–Kier alpha value is -0.280. The molecule has 0 amide bonds. The van der Waals surface area contributed by atoms with E-state index in [4.69, 9.17) is 15.7 Å². The molecule has 78 valence electrons. The Labute approximate surface area is 74.3 Å². The third-order valence-corrected chi connectivity index (χ3v) is 1.98. The molecule has 0 spiro atoms. The van der Waals surface area contributed by atoms with Crippen LogP contribution in [0.25, 0.3) is 0 Å². The summed E-state index contributed by atoms with van der Waals surface area (Å²) < 4.78 is 4.82. The van der Waals surface area contributed by atoms with E-state index in [-0.39, 0.29) is 0 Å². The Morgan fingerprint density at radius 3 is 2.23 bits per heavy atom. The number of hydrogen-bond acceptors (Lipinski definition) is 7. The van der Waals surface area contributed by atoms with Gasteiger partial charge in [-0.25, -0.2) is 5.90 Å². The van der Waals surface area contributed by atoms with Crippen LogP contribution in [0.3, 0.4) is 0 Å². The van der Waals surface area contributed by atoms with Gasteiger partial charge >= 0.3 is 0 Å². The van der Waals surface area contributed by atoms with Crippen LogP contribution in [-0.4, -0.2) is 57.7 Å². The van der Waals surface area contributed by atoms with E-state index < -0.39 is 37.3 Å². The summed E-state index contributed by atoms with van der Waals surface area (Å²) >= 11 is 0. The molecule has 0 aromatic heterocycles. The SMILES string of the molecule is NOC1O[C@@H](CO)[C@H](O)[C@@H](O)[C@@H]1O. The van der Waals surface area contributed by atoms with Crippen LogP contribution in [0.2, 0.25) is 0 Å². The average Bonchev–Trinajstić information content (AvgIpc) is 2.15. The fourth-order valence-corrected chi connectivity index (χ4v) is 1.18. The lowest BCUT2D eigenvalue weighted by Crippen LogP contribution is -2.59. The smallest absolute Gasteiger partial charge is 0.206 e. The second kappa shape index (κ2) is 4.29. The van der Waals surface area contributed by atoms with E-state index in [0.717, 1.165) is 0 Å². The normalized spacial score (nSPS) is 46.4. The summed E-state index contributed by atoms with van der Waals surface area (Å²) in [6.07, 6.45) is -6.48. The molecule has 0 aromatic rings. The minimum Gasteiger partial charge on any atom is -0.394 e. The van der Waals surface area contributed by atoms with Crippen LogP contribution in [0.15, 0.2) is 0 Å². The van der Waals surface area contributed by atoms with Crippen LogP contribution < -0.4 is 5.90 Å². The Balaban J connectivity index is 2.66. The van der Waals surface area contributed by atoms with E-state index >= 15 is 0 Å². The van der Waals surface area contributed by atoms with Gasteiger partial charge in [0.05, 0.1) is 6.61 Å². The molecule has 7 nitrogen and oxygen atoms in total. The summed E-state index contributed by atoms with van der Waals surface area (Å²) in [7, 11) is 0. The maximum Gasteiger partial charge on any atom is 0.206 e. The van der Waals surface area contributed by atoms with Crippen molar-refractivity contribution in [3.05, 3.63) is 0 Å². The van der Waals surface area contributed by atoms with Crippen LogP contribution in [0.1, 0.15) is 0 Å². The fourth-order valence-electron chi connectivity index (χ4n) is 1.18. The Bertz CT molecular complexity index is 147. The summed E-state index contributed by atoms with van der Waals surface area (Å²) in [6, 6.07) is 0. The maximum absolute atomic E-state index is 9.23. The topological polar surface area (TPSA) is 125 Å². The zero-order chi connectivity index (χ0) is 10.0. The van der Waals surface area contributed by atoms with Gasteiger partial charge in [0.1, 0.15) is 24.4 Å². The van der Waals surface area contributed by atoms with Crippen molar-refractivity contribution in [3.63, 3.8) is 0 Å². The molecule has 1 saturated heterocycles. The van der Waals surface area contributed by atoms with Gasteiger partial charge < -0.3 is 25.2 Å². The molecule has 5 atom stereocenters. The Morgan fingerprint density at radius 1 is 1.15 bits per heavy atom. The number of ether oxygens (including phenoxy) is 1. The number of nitrogens with two attached hydrogens (primary N) is 1. The molecule has 0 radical (unpaired) electrons. The second-order valence-electron chi connectivity index (χ2n) is 2.83. The number of aliphatic hydroxyl groups excluding tert-OH is 4. The number of rotatable bonds is 2. The van der Waals surface area contributed by atoms with Gasteiger partial charge in [0.15, 0.2) is 0 Å². The van der Waals surface area contributed by atoms with Crippen LogP contribution in [-0.2, 0) is 9.57 Å². The van der Waals surface area contributed by atoms with Gasteiger partial charge in [0.25, 0.3) is 0 Å². The molecule has 0 bridgehead atoms. The van der Waals surface area contributed by atoms with Gasteiger partial charge in [-0.05, 0) is 0 Å². The Morgan fingerprint density at radius 2 is 1.77 bits per heavy atom. The first-order valence-corrected chi connectivity index (χ1v) is 3.78. The average molecular weight is 195 g/mol. The third-order valence-electron chi connectivity index (χ3n) is 1.98. The molecule has 7 heteroatoms. The third kappa shape index (κ3) is 1.97. The molecular formula is C6H13NO6. The van der Waals surface area contributed by atoms with Crippen molar-refractivity contribution in [2.45, 2.75) is 30.7 Å². The van der Waals surface area contributed by atoms with Gasteiger partial charge in [-0.1, -0.05) is 0 Å². The minimum atomic E-state index is -1.44. The molecule has 13 heavy (non-hydrogen) atoms. The predicted octanol–water partition coefficient (Wildman–Crippen LogP) is -3.32. The summed E-state index contributed by atoms with van der Waals surface area (Å²) in [6.45, 7) is -0.495. The first kappa shape index (κ1) is 10.8. The first-order chi connectivity index (χ1) is 6.11. The van der Waals surface area contributed by atoms with Crippen molar-refractivity contribution in [1.29, 1.82) is 0 Å².